The molecule has 0 aromatic heterocycles. The topological polar surface area (TPSA) is 49.3 Å². The van der Waals surface area contributed by atoms with Crippen LogP contribution in [0.3, 0.4) is 0 Å². The van der Waals surface area contributed by atoms with Crippen LogP contribution < -0.4 is 5.32 Å². The lowest BCUT2D eigenvalue weighted by atomic mass is 9.98. The largest absolute Gasteiger partial charge is 0.384 e. The molecule has 1 aromatic rings. The fourth-order valence-corrected chi connectivity index (χ4v) is 2.95. The third kappa shape index (κ3) is 4.09. The Balaban J connectivity index is 2.10. The first-order valence-electron chi connectivity index (χ1n) is 7.63. The van der Waals surface area contributed by atoms with Crippen LogP contribution in [0.1, 0.15) is 54.1 Å². The molecule has 1 amide bonds. The lowest BCUT2D eigenvalue weighted by Crippen LogP contribution is -2.37. The lowest BCUT2D eigenvalue weighted by Gasteiger charge is -2.21. The molecule has 1 aliphatic rings. The number of aliphatic hydroxyl groups excluding tert-OH is 1. The molecule has 0 heterocycles. The number of nitrogens with one attached hydrogen (secondary N) is 1. The smallest absolute Gasteiger partial charge is 0.251 e. The van der Waals surface area contributed by atoms with Gasteiger partial charge in [0, 0.05) is 17.2 Å². The first kappa shape index (κ1) is 15.6. The zero-order valence-electron chi connectivity index (χ0n) is 12.8. The summed E-state index contributed by atoms with van der Waals surface area (Å²) < 4.78 is 0. The van der Waals surface area contributed by atoms with Gasteiger partial charge in [-0.2, -0.15) is 0 Å². The molecule has 2 rings (SSSR count). The average molecular weight is 285 g/mol. The van der Waals surface area contributed by atoms with Gasteiger partial charge < -0.3 is 10.4 Å². The standard InChI is InChI=1S/C18H23NO2/c1-13-9-10-15(6-5-11-20)12-17(13)18(21)19-14(2)16-7-3-4-8-16/h9-10,12,14,16,20H,3-4,7-8,11H2,1-2H3,(H,19,21). The molecule has 1 aromatic carbocycles. The zero-order valence-corrected chi connectivity index (χ0v) is 12.8. The summed E-state index contributed by atoms with van der Waals surface area (Å²) in [5.41, 5.74) is 2.37. The SMILES string of the molecule is Cc1ccc(C#CCO)cc1C(=O)NC(C)C1CCCC1. The van der Waals surface area contributed by atoms with E-state index in [1.54, 1.807) is 6.07 Å². The van der Waals surface area contributed by atoms with E-state index in [1.807, 2.05) is 19.1 Å². The monoisotopic (exact) mass is 285 g/mol. The molecule has 1 fully saturated rings. The Labute approximate surface area is 126 Å². The maximum Gasteiger partial charge on any atom is 0.251 e. The van der Waals surface area contributed by atoms with Gasteiger partial charge in [0.15, 0.2) is 0 Å². The Kier molecular flexibility index (Phi) is 5.41. The molecule has 3 heteroatoms. The molecular formula is C18H23NO2. The van der Waals surface area contributed by atoms with E-state index in [4.69, 9.17) is 5.11 Å². The van der Waals surface area contributed by atoms with Crippen LogP contribution >= 0.6 is 0 Å². The summed E-state index contributed by atoms with van der Waals surface area (Å²) >= 11 is 0. The van der Waals surface area contributed by atoms with E-state index < -0.39 is 0 Å². The van der Waals surface area contributed by atoms with Crippen LogP contribution in [0.15, 0.2) is 18.2 Å². The van der Waals surface area contributed by atoms with E-state index >= 15 is 0 Å². The summed E-state index contributed by atoms with van der Waals surface area (Å²) in [6.45, 7) is 3.85. The molecule has 21 heavy (non-hydrogen) atoms. The minimum absolute atomic E-state index is 0.0282. The van der Waals surface area contributed by atoms with Crippen molar-refractivity contribution >= 4 is 5.91 Å². The van der Waals surface area contributed by atoms with Crippen LogP contribution in [-0.2, 0) is 0 Å². The number of hydrogen-bond donors (Lipinski definition) is 2. The molecule has 0 bridgehead atoms. The van der Waals surface area contributed by atoms with Gasteiger partial charge in [0.1, 0.15) is 6.61 Å². The average Bonchev–Trinajstić information content (AvgIpc) is 3.00. The molecule has 1 aliphatic carbocycles. The predicted octanol–water partition coefficient (Wildman–Crippen LogP) is 2.65. The third-order valence-corrected chi connectivity index (χ3v) is 4.26. The van der Waals surface area contributed by atoms with Crippen molar-refractivity contribution in [2.75, 3.05) is 6.61 Å². The summed E-state index contributed by atoms with van der Waals surface area (Å²) in [6.07, 6.45) is 4.97. The molecule has 1 atom stereocenters. The molecule has 2 N–H and O–H groups in total. The molecule has 1 saturated carbocycles. The second-order valence-electron chi connectivity index (χ2n) is 5.80. The number of carbonyl (C=O) groups is 1. The predicted molar refractivity (Wildman–Crippen MR) is 84.0 cm³/mol. The molecule has 3 nitrogen and oxygen atoms in total. The minimum atomic E-state index is -0.172. The Morgan fingerprint density at radius 3 is 2.81 bits per heavy atom. The Morgan fingerprint density at radius 1 is 1.43 bits per heavy atom. The van der Waals surface area contributed by atoms with E-state index in [0.29, 0.717) is 11.5 Å². The minimum Gasteiger partial charge on any atom is -0.384 e. The van der Waals surface area contributed by atoms with Gasteiger partial charge in [-0.3, -0.25) is 4.79 Å². The van der Waals surface area contributed by atoms with Gasteiger partial charge in [-0.15, -0.1) is 0 Å². The number of rotatable bonds is 3. The maximum absolute atomic E-state index is 12.4. The van der Waals surface area contributed by atoms with Gasteiger partial charge in [-0.05, 0) is 50.3 Å². The van der Waals surface area contributed by atoms with Crippen LogP contribution in [0.4, 0.5) is 0 Å². The number of benzene rings is 1. The van der Waals surface area contributed by atoms with Gasteiger partial charge in [0.2, 0.25) is 0 Å². The molecule has 0 spiro atoms. The van der Waals surface area contributed by atoms with E-state index in [9.17, 15) is 4.79 Å². The number of aliphatic hydroxyl groups is 1. The summed E-state index contributed by atoms with van der Waals surface area (Å²) in [5, 5.41) is 11.9. The molecule has 0 saturated heterocycles. The van der Waals surface area contributed by atoms with E-state index in [2.05, 4.69) is 24.1 Å². The van der Waals surface area contributed by atoms with Crippen LogP contribution in [0.2, 0.25) is 0 Å². The Morgan fingerprint density at radius 2 is 2.14 bits per heavy atom. The van der Waals surface area contributed by atoms with Crippen molar-refractivity contribution in [3.8, 4) is 11.8 Å². The summed E-state index contributed by atoms with van der Waals surface area (Å²) in [7, 11) is 0. The first-order chi connectivity index (χ1) is 10.1. The zero-order chi connectivity index (χ0) is 15.2. The van der Waals surface area contributed by atoms with Gasteiger partial charge >= 0.3 is 0 Å². The molecule has 1 unspecified atom stereocenters. The first-order valence-corrected chi connectivity index (χ1v) is 7.63. The summed E-state index contributed by atoms with van der Waals surface area (Å²) in [6, 6.07) is 5.78. The van der Waals surface area contributed by atoms with Crippen molar-refractivity contribution in [2.45, 2.75) is 45.6 Å². The Hall–Kier alpha value is -1.79. The van der Waals surface area contributed by atoms with Crippen molar-refractivity contribution in [3.63, 3.8) is 0 Å². The van der Waals surface area contributed by atoms with Gasteiger partial charge in [0.25, 0.3) is 5.91 Å². The van der Waals surface area contributed by atoms with Crippen LogP contribution in [-0.4, -0.2) is 23.7 Å². The summed E-state index contributed by atoms with van der Waals surface area (Å²) in [4.78, 5) is 12.4. The van der Waals surface area contributed by atoms with Crippen molar-refractivity contribution < 1.29 is 9.90 Å². The number of carbonyl (C=O) groups excluding carboxylic acids is 1. The third-order valence-electron chi connectivity index (χ3n) is 4.26. The van der Waals surface area contributed by atoms with Crippen molar-refractivity contribution in [1.82, 2.24) is 5.32 Å². The van der Waals surface area contributed by atoms with Gasteiger partial charge in [0.05, 0.1) is 0 Å². The maximum atomic E-state index is 12.4. The highest BCUT2D eigenvalue weighted by Crippen LogP contribution is 2.27. The van der Waals surface area contributed by atoms with Crippen molar-refractivity contribution in [3.05, 3.63) is 34.9 Å². The van der Waals surface area contributed by atoms with Crippen molar-refractivity contribution in [2.24, 2.45) is 5.92 Å². The number of hydrogen-bond acceptors (Lipinski definition) is 2. The van der Waals surface area contributed by atoms with Crippen LogP contribution in [0, 0.1) is 24.7 Å². The molecular weight excluding hydrogens is 262 g/mol. The summed E-state index contributed by atoms with van der Waals surface area (Å²) in [5.74, 6) is 6.03. The molecule has 0 aliphatic heterocycles. The van der Waals surface area contributed by atoms with Gasteiger partial charge in [-0.1, -0.05) is 30.7 Å². The van der Waals surface area contributed by atoms with E-state index in [-0.39, 0.29) is 18.6 Å². The van der Waals surface area contributed by atoms with Gasteiger partial charge in [-0.25, -0.2) is 0 Å². The highest BCUT2D eigenvalue weighted by atomic mass is 16.2. The molecule has 112 valence electrons. The number of amides is 1. The highest BCUT2D eigenvalue weighted by Gasteiger charge is 2.23. The fraction of sp³-hybridized carbons (Fsp3) is 0.500. The highest BCUT2D eigenvalue weighted by molar-refractivity contribution is 5.96. The van der Waals surface area contributed by atoms with E-state index in [0.717, 1.165) is 11.1 Å². The lowest BCUT2D eigenvalue weighted by molar-refractivity contribution is 0.0926. The van der Waals surface area contributed by atoms with E-state index in [1.165, 1.54) is 25.7 Å². The van der Waals surface area contributed by atoms with Crippen molar-refractivity contribution in [1.29, 1.82) is 0 Å². The number of aryl methyl sites for hydroxylation is 1. The quantitative estimate of drug-likeness (QED) is 0.839. The Bertz CT molecular complexity index is 562. The second kappa shape index (κ2) is 7.28. The van der Waals surface area contributed by atoms with Crippen LogP contribution in [0.25, 0.3) is 0 Å². The van der Waals surface area contributed by atoms with Crippen LogP contribution in [0.5, 0.6) is 0 Å². The fourth-order valence-electron chi connectivity index (χ4n) is 2.95. The molecule has 0 radical (unpaired) electrons. The second-order valence-corrected chi connectivity index (χ2v) is 5.80. The normalized spacial score (nSPS) is 16.1.